The zero-order valence-corrected chi connectivity index (χ0v) is 11.9. The normalized spacial score (nSPS) is 15.1. The summed E-state index contributed by atoms with van der Waals surface area (Å²) in [6.07, 6.45) is 0.862. The van der Waals surface area contributed by atoms with Crippen LogP contribution in [-0.2, 0) is 16.0 Å². The van der Waals surface area contributed by atoms with Gasteiger partial charge in [-0.05, 0) is 24.0 Å². The zero-order chi connectivity index (χ0) is 14.7. The SMILES string of the molecule is CC(C)[C@H](N)C(=O)NCC(=O)N1CCc2ccccc21. The average molecular weight is 275 g/mol. The fraction of sp³-hybridized carbons (Fsp3) is 0.467. The van der Waals surface area contributed by atoms with Crippen LogP contribution in [0.1, 0.15) is 19.4 Å². The fourth-order valence-corrected chi connectivity index (χ4v) is 2.28. The molecular weight excluding hydrogens is 254 g/mol. The number of nitrogens with two attached hydrogens (primary N) is 1. The molecule has 2 rings (SSSR count). The highest BCUT2D eigenvalue weighted by molar-refractivity contribution is 5.98. The molecule has 0 saturated heterocycles. The van der Waals surface area contributed by atoms with Gasteiger partial charge in [0.25, 0.3) is 0 Å². The molecule has 2 amide bonds. The number of carbonyl (C=O) groups excluding carboxylic acids is 2. The number of nitrogens with one attached hydrogen (secondary N) is 1. The standard InChI is InChI=1S/C15H21N3O2/c1-10(2)14(16)15(20)17-9-13(19)18-8-7-11-5-3-4-6-12(11)18/h3-6,10,14H,7-9,16H2,1-2H3,(H,17,20)/t14-/m0/s1. The molecule has 3 N–H and O–H groups in total. The highest BCUT2D eigenvalue weighted by atomic mass is 16.2. The summed E-state index contributed by atoms with van der Waals surface area (Å²) in [5.41, 5.74) is 7.86. The highest BCUT2D eigenvalue weighted by Crippen LogP contribution is 2.27. The van der Waals surface area contributed by atoms with Crippen molar-refractivity contribution in [2.24, 2.45) is 11.7 Å². The maximum Gasteiger partial charge on any atom is 0.246 e. The summed E-state index contributed by atoms with van der Waals surface area (Å²) in [6.45, 7) is 4.42. The minimum Gasteiger partial charge on any atom is -0.346 e. The molecule has 0 fully saturated rings. The summed E-state index contributed by atoms with van der Waals surface area (Å²) in [5.74, 6) is -0.322. The monoisotopic (exact) mass is 275 g/mol. The third kappa shape index (κ3) is 2.99. The molecule has 0 aliphatic carbocycles. The molecule has 1 atom stereocenters. The van der Waals surface area contributed by atoms with Crippen LogP contribution < -0.4 is 16.0 Å². The van der Waals surface area contributed by atoms with Gasteiger partial charge in [-0.15, -0.1) is 0 Å². The minimum absolute atomic E-state index is 0.00636. The summed E-state index contributed by atoms with van der Waals surface area (Å²) in [5, 5.41) is 2.62. The number of benzene rings is 1. The predicted molar refractivity (Wildman–Crippen MR) is 78.3 cm³/mol. The van der Waals surface area contributed by atoms with Crippen molar-refractivity contribution in [3.05, 3.63) is 29.8 Å². The van der Waals surface area contributed by atoms with Crippen LogP contribution >= 0.6 is 0 Å². The van der Waals surface area contributed by atoms with Gasteiger partial charge in [0.15, 0.2) is 0 Å². The quantitative estimate of drug-likeness (QED) is 0.848. The van der Waals surface area contributed by atoms with Gasteiger partial charge in [0.2, 0.25) is 11.8 Å². The number of hydrogen-bond acceptors (Lipinski definition) is 3. The maximum absolute atomic E-state index is 12.2. The molecule has 1 aliphatic rings. The molecule has 20 heavy (non-hydrogen) atoms. The van der Waals surface area contributed by atoms with E-state index in [0.717, 1.165) is 12.1 Å². The Bertz CT molecular complexity index is 514. The molecular formula is C15H21N3O2. The van der Waals surface area contributed by atoms with Crippen molar-refractivity contribution in [2.45, 2.75) is 26.3 Å². The molecule has 0 saturated carbocycles. The van der Waals surface area contributed by atoms with Gasteiger partial charge in [-0.3, -0.25) is 9.59 Å². The van der Waals surface area contributed by atoms with Crippen molar-refractivity contribution in [2.75, 3.05) is 18.0 Å². The lowest BCUT2D eigenvalue weighted by molar-refractivity contribution is -0.126. The summed E-state index contributed by atoms with van der Waals surface area (Å²) in [6, 6.07) is 7.26. The number of carbonyl (C=O) groups is 2. The molecule has 0 unspecified atom stereocenters. The number of fused-ring (bicyclic) bond motifs is 1. The highest BCUT2D eigenvalue weighted by Gasteiger charge is 2.25. The Labute approximate surface area is 119 Å². The molecule has 1 aromatic carbocycles. The van der Waals surface area contributed by atoms with Gasteiger partial charge in [-0.25, -0.2) is 0 Å². The third-order valence-electron chi connectivity index (χ3n) is 3.62. The van der Waals surface area contributed by atoms with Crippen LogP contribution in [0.3, 0.4) is 0 Å². The van der Waals surface area contributed by atoms with Crippen molar-refractivity contribution in [3.63, 3.8) is 0 Å². The van der Waals surface area contributed by atoms with Gasteiger partial charge >= 0.3 is 0 Å². The Kier molecular flexibility index (Phi) is 4.39. The van der Waals surface area contributed by atoms with Gasteiger partial charge in [-0.2, -0.15) is 0 Å². The Morgan fingerprint density at radius 3 is 2.75 bits per heavy atom. The van der Waals surface area contributed by atoms with Crippen LogP contribution in [0.25, 0.3) is 0 Å². The molecule has 108 valence electrons. The fourth-order valence-electron chi connectivity index (χ4n) is 2.28. The van der Waals surface area contributed by atoms with E-state index < -0.39 is 6.04 Å². The van der Waals surface area contributed by atoms with Crippen LogP contribution in [-0.4, -0.2) is 30.9 Å². The first kappa shape index (κ1) is 14.5. The van der Waals surface area contributed by atoms with E-state index in [0.29, 0.717) is 6.54 Å². The second-order valence-corrected chi connectivity index (χ2v) is 5.41. The lowest BCUT2D eigenvalue weighted by atomic mass is 10.1. The second kappa shape index (κ2) is 6.05. The van der Waals surface area contributed by atoms with E-state index in [1.165, 1.54) is 5.56 Å². The van der Waals surface area contributed by atoms with Crippen molar-refractivity contribution < 1.29 is 9.59 Å². The van der Waals surface area contributed by atoms with Crippen molar-refractivity contribution in [1.29, 1.82) is 0 Å². The number of rotatable bonds is 4. The number of anilines is 1. The minimum atomic E-state index is -0.575. The van der Waals surface area contributed by atoms with Crippen LogP contribution in [0.5, 0.6) is 0 Å². The Morgan fingerprint density at radius 2 is 2.05 bits per heavy atom. The van der Waals surface area contributed by atoms with E-state index in [2.05, 4.69) is 5.32 Å². The van der Waals surface area contributed by atoms with E-state index in [-0.39, 0.29) is 24.3 Å². The van der Waals surface area contributed by atoms with Crippen molar-refractivity contribution in [1.82, 2.24) is 5.32 Å². The van der Waals surface area contributed by atoms with Crippen LogP contribution in [0.15, 0.2) is 24.3 Å². The van der Waals surface area contributed by atoms with E-state index >= 15 is 0 Å². The Morgan fingerprint density at radius 1 is 1.35 bits per heavy atom. The van der Waals surface area contributed by atoms with Crippen molar-refractivity contribution >= 4 is 17.5 Å². The molecule has 1 aliphatic heterocycles. The van der Waals surface area contributed by atoms with Gasteiger partial charge in [0.05, 0.1) is 12.6 Å². The molecule has 1 heterocycles. The lowest BCUT2D eigenvalue weighted by Gasteiger charge is -2.19. The number of para-hydroxylation sites is 1. The first-order valence-corrected chi connectivity index (χ1v) is 6.92. The molecule has 5 nitrogen and oxygen atoms in total. The van der Waals surface area contributed by atoms with Crippen LogP contribution in [0.4, 0.5) is 5.69 Å². The number of hydrogen-bond donors (Lipinski definition) is 2. The number of amides is 2. The summed E-state index contributed by atoms with van der Waals surface area (Å²) < 4.78 is 0. The molecule has 0 radical (unpaired) electrons. The smallest absolute Gasteiger partial charge is 0.246 e. The van der Waals surface area contributed by atoms with E-state index in [1.54, 1.807) is 4.90 Å². The summed E-state index contributed by atoms with van der Waals surface area (Å²) in [7, 11) is 0. The van der Waals surface area contributed by atoms with Crippen molar-refractivity contribution in [3.8, 4) is 0 Å². The van der Waals surface area contributed by atoms with Crippen LogP contribution in [0.2, 0.25) is 0 Å². The lowest BCUT2D eigenvalue weighted by Crippen LogP contribution is -2.47. The molecule has 0 aromatic heterocycles. The Hall–Kier alpha value is -1.88. The van der Waals surface area contributed by atoms with E-state index in [4.69, 9.17) is 5.73 Å². The first-order valence-electron chi connectivity index (χ1n) is 6.92. The molecule has 0 spiro atoms. The largest absolute Gasteiger partial charge is 0.346 e. The van der Waals surface area contributed by atoms with E-state index in [1.807, 2.05) is 38.1 Å². The Balaban J connectivity index is 1.93. The summed E-state index contributed by atoms with van der Waals surface area (Å²) in [4.78, 5) is 25.6. The zero-order valence-electron chi connectivity index (χ0n) is 11.9. The third-order valence-corrected chi connectivity index (χ3v) is 3.62. The first-order chi connectivity index (χ1) is 9.50. The topological polar surface area (TPSA) is 75.4 Å². The number of nitrogens with zero attached hydrogens (tertiary/aromatic N) is 1. The maximum atomic E-state index is 12.2. The van der Waals surface area contributed by atoms with Crippen LogP contribution in [0, 0.1) is 5.92 Å². The molecule has 1 aromatic rings. The van der Waals surface area contributed by atoms with E-state index in [9.17, 15) is 9.59 Å². The average Bonchev–Trinajstić information content (AvgIpc) is 2.87. The molecule has 0 bridgehead atoms. The molecule has 5 heteroatoms. The van der Waals surface area contributed by atoms with Gasteiger partial charge in [0.1, 0.15) is 0 Å². The van der Waals surface area contributed by atoms with Gasteiger partial charge < -0.3 is 16.0 Å². The second-order valence-electron chi connectivity index (χ2n) is 5.41. The van der Waals surface area contributed by atoms with Gasteiger partial charge in [0, 0.05) is 12.2 Å². The summed E-state index contributed by atoms with van der Waals surface area (Å²) >= 11 is 0. The predicted octanol–water partition coefficient (Wildman–Crippen LogP) is 0.675. The van der Waals surface area contributed by atoms with Gasteiger partial charge in [-0.1, -0.05) is 32.0 Å².